The zero-order valence-corrected chi connectivity index (χ0v) is 12.8. The van der Waals surface area contributed by atoms with Crippen molar-refractivity contribution in [3.05, 3.63) is 52.0 Å². The Balaban J connectivity index is 1.91. The fraction of sp³-hybridized carbons (Fsp3) is 0.188. The Morgan fingerprint density at radius 3 is 2.56 bits per heavy atom. The van der Waals surface area contributed by atoms with Crippen molar-refractivity contribution in [2.24, 2.45) is 0 Å². The second-order valence-electron chi connectivity index (χ2n) is 5.42. The lowest BCUT2D eigenvalue weighted by Crippen LogP contribution is -2.31. The molecule has 2 heterocycles. The normalized spacial score (nSPS) is 14.8. The number of nitrogens with zero attached hydrogens (tertiary/aromatic N) is 1. The maximum Gasteiger partial charge on any atom is 0.449 e. The van der Waals surface area contributed by atoms with Gasteiger partial charge in [0.1, 0.15) is 5.58 Å². The van der Waals surface area contributed by atoms with E-state index >= 15 is 0 Å². The minimum absolute atomic E-state index is 0.0358. The molecule has 0 saturated heterocycles. The second kappa shape index (κ2) is 5.76. The van der Waals surface area contributed by atoms with Crippen LogP contribution in [0.3, 0.4) is 0 Å². The van der Waals surface area contributed by atoms with Gasteiger partial charge in [-0.3, -0.25) is 19.3 Å². The summed E-state index contributed by atoms with van der Waals surface area (Å²) in [5, 5.41) is 2.83. The highest BCUT2D eigenvalue weighted by molar-refractivity contribution is 6.03. The molecule has 1 aliphatic rings. The SMILES string of the molecule is CC(=O)N1CC(Nc2ccc3oc(C(F)(F)F)cc(=O)c3c2)=CC1=O. The van der Waals surface area contributed by atoms with Crippen molar-refractivity contribution >= 4 is 28.5 Å². The Hall–Kier alpha value is -3.10. The Bertz CT molecular complexity index is 975. The minimum Gasteiger partial charge on any atom is -0.451 e. The number of fused-ring (bicyclic) bond motifs is 1. The number of hydrogen-bond donors (Lipinski definition) is 1. The van der Waals surface area contributed by atoms with Crippen LogP contribution >= 0.6 is 0 Å². The van der Waals surface area contributed by atoms with Gasteiger partial charge in [0.15, 0.2) is 5.43 Å². The molecule has 1 aromatic heterocycles. The maximum absolute atomic E-state index is 12.7. The van der Waals surface area contributed by atoms with Gasteiger partial charge >= 0.3 is 6.18 Å². The first-order valence-corrected chi connectivity index (χ1v) is 7.10. The number of rotatable bonds is 2. The number of halogens is 3. The maximum atomic E-state index is 12.7. The van der Waals surface area contributed by atoms with Gasteiger partial charge in [-0.2, -0.15) is 13.2 Å². The van der Waals surface area contributed by atoms with Gasteiger partial charge in [-0.15, -0.1) is 0 Å². The number of anilines is 1. The fourth-order valence-corrected chi connectivity index (χ4v) is 2.42. The molecule has 0 unspecified atom stereocenters. The summed E-state index contributed by atoms with van der Waals surface area (Å²) in [5.74, 6) is -2.24. The van der Waals surface area contributed by atoms with Crippen molar-refractivity contribution in [1.29, 1.82) is 0 Å². The van der Waals surface area contributed by atoms with Crippen molar-refractivity contribution in [1.82, 2.24) is 4.90 Å². The van der Waals surface area contributed by atoms with E-state index in [1.54, 1.807) is 0 Å². The molecule has 0 aliphatic carbocycles. The summed E-state index contributed by atoms with van der Waals surface area (Å²) in [5.41, 5.74) is -0.230. The summed E-state index contributed by atoms with van der Waals surface area (Å²) in [6, 6.07) is 4.35. The van der Waals surface area contributed by atoms with Crippen LogP contribution in [0.4, 0.5) is 18.9 Å². The highest BCUT2D eigenvalue weighted by atomic mass is 19.4. The number of amides is 2. The molecule has 2 amide bonds. The fourth-order valence-electron chi connectivity index (χ4n) is 2.42. The topological polar surface area (TPSA) is 79.6 Å². The minimum atomic E-state index is -4.75. The lowest BCUT2D eigenvalue weighted by atomic mass is 10.2. The van der Waals surface area contributed by atoms with Gasteiger partial charge < -0.3 is 9.73 Å². The Morgan fingerprint density at radius 1 is 1.24 bits per heavy atom. The van der Waals surface area contributed by atoms with Gasteiger partial charge in [-0.1, -0.05) is 0 Å². The van der Waals surface area contributed by atoms with Crippen LogP contribution in [-0.2, 0) is 15.8 Å². The van der Waals surface area contributed by atoms with E-state index < -0.39 is 29.2 Å². The zero-order chi connectivity index (χ0) is 18.4. The molecule has 6 nitrogen and oxygen atoms in total. The summed E-state index contributed by atoms with van der Waals surface area (Å²) in [4.78, 5) is 35.9. The molecular weight excluding hydrogens is 341 g/mol. The van der Waals surface area contributed by atoms with E-state index in [1.807, 2.05) is 0 Å². The monoisotopic (exact) mass is 352 g/mol. The Morgan fingerprint density at radius 2 is 1.96 bits per heavy atom. The Kier molecular flexibility index (Phi) is 3.86. The average molecular weight is 352 g/mol. The molecule has 9 heteroatoms. The summed E-state index contributed by atoms with van der Waals surface area (Å²) in [6.45, 7) is 1.31. The molecule has 0 atom stereocenters. The van der Waals surface area contributed by atoms with Crippen LogP contribution in [0.25, 0.3) is 11.0 Å². The lowest BCUT2D eigenvalue weighted by Gasteiger charge is -2.13. The van der Waals surface area contributed by atoms with Crippen LogP contribution in [0.2, 0.25) is 0 Å². The molecule has 0 saturated carbocycles. The highest BCUT2D eigenvalue weighted by Crippen LogP contribution is 2.30. The summed E-state index contributed by atoms with van der Waals surface area (Å²) in [6.07, 6.45) is -3.52. The van der Waals surface area contributed by atoms with Gasteiger partial charge in [0.05, 0.1) is 11.9 Å². The molecule has 130 valence electrons. The standard InChI is InChI=1S/C16H11F3N2O4/c1-8(22)21-7-10(5-15(21)24)20-9-2-3-13-11(4-9)12(23)6-14(25-13)16(17,18)19/h2-6,20H,7H2,1H3. The number of nitrogens with one attached hydrogen (secondary N) is 1. The van der Waals surface area contributed by atoms with E-state index in [0.29, 0.717) is 17.5 Å². The smallest absolute Gasteiger partial charge is 0.449 e. The van der Waals surface area contributed by atoms with Crippen molar-refractivity contribution in [3.8, 4) is 0 Å². The third-order valence-electron chi connectivity index (χ3n) is 3.58. The third kappa shape index (κ3) is 3.25. The summed E-state index contributed by atoms with van der Waals surface area (Å²) in [7, 11) is 0. The van der Waals surface area contributed by atoms with E-state index in [4.69, 9.17) is 4.42 Å². The first-order valence-electron chi connectivity index (χ1n) is 7.10. The van der Waals surface area contributed by atoms with E-state index in [2.05, 4.69) is 5.32 Å². The summed E-state index contributed by atoms with van der Waals surface area (Å²) >= 11 is 0. The summed E-state index contributed by atoms with van der Waals surface area (Å²) < 4.78 is 42.7. The first kappa shape index (κ1) is 16.7. The van der Waals surface area contributed by atoms with Crippen molar-refractivity contribution in [3.63, 3.8) is 0 Å². The largest absolute Gasteiger partial charge is 0.451 e. The molecule has 0 radical (unpaired) electrons. The number of alkyl halides is 3. The molecule has 2 aromatic rings. The molecule has 0 spiro atoms. The molecule has 0 bridgehead atoms. The van der Waals surface area contributed by atoms with Crippen LogP contribution in [-0.4, -0.2) is 23.3 Å². The van der Waals surface area contributed by atoms with Crippen LogP contribution < -0.4 is 10.7 Å². The highest BCUT2D eigenvalue weighted by Gasteiger charge is 2.35. The number of carbonyl (C=O) groups excluding carboxylic acids is 2. The number of carbonyl (C=O) groups is 2. The van der Waals surface area contributed by atoms with Crippen LogP contribution in [0.15, 0.2) is 45.3 Å². The van der Waals surface area contributed by atoms with Crippen LogP contribution in [0, 0.1) is 0 Å². The predicted octanol–water partition coefficient (Wildman–Crippen LogP) is 2.50. The number of imide groups is 1. The second-order valence-corrected chi connectivity index (χ2v) is 5.42. The van der Waals surface area contributed by atoms with Crippen molar-refractivity contribution in [2.75, 3.05) is 11.9 Å². The molecule has 1 N–H and O–H groups in total. The van der Waals surface area contributed by atoms with Gasteiger partial charge in [-0.05, 0) is 18.2 Å². The molecule has 1 aliphatic heterocycles. The molecule has 1 aromatic carbocycles. The van der Waals surface area contributed by atoms with Crippen molar-refractivity contribution in [2.45, 2.75) is 13.1 Å². The number of hydrogen-bond acceptors (Lipinski definition) is 5. The van der Waals surface area contributed by atoms with Gasteiger partial charge in [-0.25, -0.2) is 0 Å². The third-order valence-corrected chi connectivity index (χ3v) is 3.58. The average Bonchev–Trinajstić information content (AvgIpc) is 2.87. The first-order chi connectivity index (χ1) is 11.6. The Labute approximate surface area is 138 Å². The van der Waals surface area contributed by atoms with E-state index in [0.717, 1.165) is 4.90 Å². The zero-order valence-electron chi connectivity index (χ0n) is 12.8. The number of benzene rings is 1. The predicted molar refractivity (Wildman–Crippen MR) is 81.6 cm³/mol. The molecule has 3 rings (SSSR count). The van der Waals surface area contributed by atoms with Crippen molar-refractivity contribution < 1.29 is 27.2 Å². The van der Waals surface area contributed by atoms with Gasteiger partial charge in [0.2, 0.25) is 11.7 Å². The quantitative estimate of drug-likeness (QED) is 0.898. The van der Waals surface area contributed by atoms with Gasteiger partial charge in [0, 0.05) is 30.5 Å². The van der Waals surface area contributed by atoms with E-state index in [-0.39, 0.29) is 17.5 Å². The van der Waals surface area contributed by atoms with Crippen LogP contribution in [0.5, 0.6) is 0 Å². The van der Waals surface area contributed by atoms with E-state index in [1.165, 1.54) is 31.2 Å². The molecular formula is C16H11F3N2O4. The van der Waals surface area contributed by atoms with E-state index in [9.17, 15) is 27.6 Å². The van der Waals surface area contributed by atoms with Gasteiger partial charge in [0.25, 0.3) is 5.91 Å². The molecule has 25 heavy (non-hydrogen) atoms. The molecule has 0 fully saturated rings. The van der Waals surface area contributed by atoms with Crippen LogP contribution in [0.1, 0.15) is 12.7 Å². The lowest BCUT2D eigenvalue weighted by molar-refractivity contribution is -0.153.